The molecule has 7 fully saturated rings. The molecule has 0 N–H and O–H groups in total. The van der Waals surface area contributed by atoms with Crippen molar-refractivity contribution in [1.29, 1.82) is 0 Å². The van der Waals surface area contributed by atoms with Crippen molar-refractivity contribution >= 4 is 5.97 Å². The molecule has 3 heteroatoms. The van der Waals surface area contributed by atoms with Crippen LogP contribution in [-0.2, 0) is 14.3 Å². The van der Waals surface area contributed by atoms with Crippen molar-refractivity contribution < 1.29 is 14.3 Å². The summed E-state index contributed by atoms with van der Waals surface area (Å²) in [5, 5.41) is 0. The van der Waals surface area contributed by atoms with E-state index in [1.165, 1.54) is 64.2 Å². The lowest BCUT2D eigenvalue weighted by Gasteiger charge is -2.60. The Morgan fingerprint density at radius 1 is 0.964 bits per heavy atom. The van der Waals surface area contributed by atoms with Gasteiger partial charge in [0.15, 0.2) is 0 Å². The SMILES string of the molecule is C=C(C)C(=O)OC(OC1C2CCC(CC2)C1(C)C)C12CC3CC(CC(C3)C1)C2. The molecule has 28 heavy (non-hydrogen) atoms. The zero-order valence-corrected chi connectivity index (χ0v) is 18.0. The van der Waals surface area contributed by atoms with Gasteiger partial charge in [-0.1, -0.05) is 20.4 Å². The van der Waals surface area contributed by atoms with Crippen molar-refractivity contribution in [3.8, 4) is 0 Å². The van der Waals surface area contributed by atoms with Crippen LogP contribution in [0.5, 0.6) is 0 Å². The number of ether oxygens (including phenoxy) is 2. The molecule has 2 unspecified atom stereocenters. The maximum atomic E-state index is 12.6. The maximum absolute atomic E-state index is 12.6. The summed E-state index contributed by atoms with van der Waals surface area (Å²) in [5.74, 6) is 3.56. The second kappa shape index (κ2) is 6.59. The van der Waals surface area contributed by atoms with E-state index < -0.39 is 0 Å². The first-order valence-electron chi connectivity index (χ1n) is 11.8. The van der Waals surface area contributed by atoms with Crippen molar-refractivity contribution in [2.45, 2.75) is 97.4 Å². The van der Waals surface area contributed by atoms with Crippen LogP contribution in [0.4, 0.5) is 0 Å². The van der Waals surface area contributed by atoms with E-state index >= 15 is 0 Å². The first-order chi connectivity index (χ1) is 13.3. The van der Waals surface area contributed by atoms with Gasteiger partial charge in [-0.3, -0.25) is 0 Å². The molecule has 0 heterocycles. The van der Waals surface area contributed by atoms with E-state index in [2.05, 4.69) is 20.4 Å². The summed E-state index contributed by atoms with van der Waals surface area (Å²) in [6.45, 7) is 10.4. The average molecular weight is 387 g/mol. The number of rotatable bonds is 5. The maximum Gasteiger partial charge on any atom is 0.335 e. The molecule has 7 aliphatic carbocycles. The third-order valence-corrected chi connectivity index (χ3v) is 9.40. The molecule has 0 amide bonds. The molecule has 0 radical (unpaired) electrons. The van der Waals surface area contributed by atoms with Crippen LogP contribution in [0.25, 0.3) is 0 Å². The monoisotopic (exact) mass is 386 g/mol. The molecule has 2 atom stereocenters. The fourth-order valence-electron chi connectivity index (χ4n) is 8.39. The first-order valence-corrected chi connectivity index (χ1v) is 11.8. The van der Waals surface area contributed by atoms with Crippen LogP contribution < -0.4 is 0 Å². The molecule has 0 aromatic rings. The summed E-state index contributed by atoms with van der Waals surface area (Å²) in [7, 11) is 0. The Bertz CT molecular complexity index is 619. The Kier molecular flexibility index (Phi) is 4.51. The largest absolute Gasteiger partial charge is 0.432 e. The van der Waals surface area contributed by atoms with Gasteiger partial charge in [-0.25, -0.2) is 4.79 Å². The molecular formula is C25H38O3. The third-order valence-electron chi connectivity index (χ3n) is 9.40. The predicted octanol–water partition coefficient (Wildman–Crippen LogP) is 5.88. The van der Waals surface area contributed by atoms with Gasteiger partial charge in [0.1, 0.15) is 0 Å². The molecule has 0 spiro atoms. The van der Waals surface area contributed by atoms with Gasteiger partial charge in [-0.2, -0.15) is 0 Å². The van der Waals surface area contributed by atoms with Gasteiger partial charge < -0.3 is 9.47 Å². The van der Waals surface area contributed by atoms with Crippen LogP contribution in [0.3, 0.4) is 0 Å². The molecule has 0 saturated heterocycles. The highest BCUT2D eigenvalue weighted by atomic mass is 16.7. The van der Waals surface area contributed by atoms with Gasteiger partial charge in [-0.15, -0.1) is 0 Å². The van der Waals surface area contributed by atoms with Gasteiger partial charge >= 0.3 is 5.97 Å². The van der Waals surface area contributed by atoms with E-state index in [0.717, 1.165) is 23.7 Å². The van der Waals surface area contributed by atoms with Gasteiger partial charge in [0.25, 0.3) is 0 Å². The highest BCUT2D eigenvalue weighted by molar-refractivity contribution is 5.87. The highest BCUT2D eigenvalue weighted by Crippen LogP contribution is 2.63. The lowest BCUT2D eigenvalue weighted by atomic mass is 9.49. The summed E-state index contributed by atoms with van der Waals surface area (Å²) < 4.78 is 13.1. The number of fused-ring (bicyclic) bond motifs is 3. The summed E-state index contributed by atoms with van der Waals surface area (Å²) in [5.41, 5.74) is 0.715. The number of esters is 1. The van der Waals surface area contributed by atoms with E-state index in [0.29, 0.717) is 11.5 Å². The van der Waals surface area contributed by atoms with Crippen LogP contribution in [0.1, 0.15) is 85.0 Å². The smallest absolute Gasteiger partial charge is 0.335 e. The summed E-state index contributed by atoms with van der Waals surface area (Å²) in [6, 6.07) is 0. The molecule has 7 rings (SSSR count). The Balaban J connectivity index is 1.44. The number of hydrogen-bond acceptors (Lipinski definition) is 3. The van der Waals surface area contributed by atoms with Crippen molar-refractivity contribution in [2.75, 3.05) is 0 Å². The van der Waals surface area contributed by atoms with Crippen molar-refractivity contribution in [3.63, 3.8) is 0 Å². The van der Waals surface area contributed by atoms with E-state index in [4.69, 9.17) is 9.47 Å². The van der Waals surface area contributed by atoms with Gasteiger partial charge in [-0.05, 0) is 106 Å². The van der Waals surface area contributed by atoms with Crippen molar-refractivity contribution in [3.05, 3.63) is 12.2 Å². The zero-order chi connectivity index (χ0) is 19.7. The van der Waals surface area contributed by atoms with Gasteiger partial charge in [0.05, 0.1) is 6.10 Å². The molecule has 0 aliphatic heterocycles. The van der Waals surface area contributed by atoms with E-state index in [1.807, 2.05) is 0 Å². The van der Waals surface area contributed by atoms with E-state index in [1.54, 1.807) is 6.92 Å². The molecule has 0 aromatic carbocycles. The Hall–Kier alpha value is -0.830. The van der Waals surface area contributed by atoms with Crippen molar-refractivity contribution in [2.24, 2.45) is 40.4 Å². The summed E-state index contributed by atoms with van der Waals surface area (Å²) in [4.78, 5) is 12.6. The molecular weight excluding hydrogens is 348 g/mol. The lowest BCUT2D eigenvalue weighted by Crippen LogP contribution is -2.58. The first kappa shape index (κ1) is 19.2. The average Bonchev–Trinajstić information content (AvgIpc) is 2.62. The molecule has 0 aromatic heterocycles. The lowest BCUT2D eigenvalue weighted by molar-refractivity contribution is -0.289. The highest BCUT2D eigenvalue weighted by Gasteiger charge is 2.58. The van der Waals surface area contributed by atoms with Crippen LogP contribution in [0, 0.1) is 40.4 Å². The third kappa shape index (κ3) is 2.99. The van der Waals surface area contributed by atoms with Crippen LogP contribution in [0.15, 0.2) is 12.2 Å². The minimum Gasteiger partial charge on any atom is -0.432 e. The minimum atomic E-state index is -0.381. The minimum absolute atomic E-state index is 0.0482. The topological polar surface area (TPSA) is 35.5 Å². The van der Waals surface area contributed by atoms with Gasteiger partial charge in [0.2, 0.25) is 6.29 Å². The summed E-state index contributed by atoms with van der Waals surface area (Å²) >= 11 is 0. The standard InChI is InChI=1S/C25H38O3/c1-15(2)22(26)28-23(25-12-16-9-17(13-25)11-18(10-16)14-25)27-21-19-5-7-20(8-6-19)24(21,3)4/h16-21,23H,1,5-14H2,2-4H3. The second-order valence-corrected chi connectivity index (χ2v) is 11.8. The Morgan fingerprint density at radius 3 is 1.96 bits per heavy atom. The second-order valence-electron chi connectivity index (χ2n) is 11.8. The molecule has 156 valence electrons. The number of carbonyl (C=O) groups excluding carboxylic acids is 1. The molecule has 7 saturated carbocycles. The van der Waals surface area contributed by atoms with Crippen LogP contribution in [0.2, 0.25) is 0 Å². The zero-order valence-electron chi connectivity index (χ0n) is 18.0. The molecule has 6 bridgehead atoms. The Morgan fingerprint density at radius 2 is 1.50 bits per heavy atom. The van der Waals surface area contributed by atoms with Crippen LogP contribution >= 0.6 is 0 Å². The van der Waals surface area contributed by atoms with E-state index in [9.17, 15) is 4.79 Å². The fourth-order valence-corrected chi connectivity index (χ4v) is 8.39. The number of carbonyl (C=O) groups is 1. The number of hydrogen-bond donors (Lipinski definition) is 0. The fraction of sp³-hybridized carbons (Fsp3) is 0.880. The molecule has 3 nitrogen and oxygen atoms in total. The van der Waals surface area contributed by atoms with E-state index in [-0.39, 0.29) is 29.2 Å². The van der Waals surface area contributed by atoms with Crippen molar-refractivity contribution in [1.82, 2.24) is 0 Å². The summed E-state index contributed by atoms with van der Waals surface area (Å²) in [6.07, 6.45) is 12.8. The van der Waals surface area contributed by atoms with Crippen LogP contribution in [-0.4, -0.2) is 18.4 Å². The quantitative estimate of drug-likeness (QED) is 0.336. The Labute approximate surface area is 170 Å². The van der Waals surface area contributed by atoms with Gasteiger partial charge in [0, 0.05) is 11.0 Å². The molecule has 7 aliphatic rings. The predicted molar refractivity (Wildman–Crippen MR) is 109 cm³/mol. The normalized spacial score (nSPS) is 46.4.